The van der Waals surface area contributed by atoms with Crippen LogP contribution >= 0.6 is 0 Å². The lowest BCUT2D eigenvalue weighted by molar-refractivity contribution is -0.883. The number of hydrogen-bond donors (Lipinski definition) is 2. The van der Waals surface area contributed by atoms with Crippen LogP contribution in [-0.2, 0) is 57.2 Å². The molecule has 16 heteroatoms. The molecule has 0 aliphatic heterocycles. The van der Waals surface area contributed by atoms with E-state index in [0.29, 0.717) is 67.0 Å². The third-order valence-corrected chi connectivity index (χ3v) is 14.6. The van der Waals surface area contributed by atoms with Gasteiger partial charge in [0.2, 0.25) is 6.29 Å². The average molecular weight is 1120 g/mol. The Balaban J connectivity index is 5.05. The van der Waals surface area contributed by atoms with Gasteiger partial charge in [0.05, 0.1) is 40.4 Å². The lowest BCUT2D eigenvalue weighted by atomic mass is 9.99. The molecule has 4 atom stereocenters. The molecule has 0 bridgehead atoms. The minimum atomic E-state index is -0.906. The maximum absolute atomic E-state index is 13.1. The van der Waals surface area contributed by atoms with Gasteiger partial charge < -0.3 is 47.6 Å². The monoisotopic (exact) mass is 1110 g/mol. The molecule has 0 aliphatic carbocycles. The van der Waals surface area contributed by atoms with Crippen molar-refractivity contribution in [2.24, 2.45) is 0 Å². The summed E-state index contributed by atoms with van der Waals surface area (Å²) in [5.74, 6) is -2.21. The van der Waals surface area contributed by atoms with Crippen molar-refractivity contribution < 1.29 is 76.4 Å². The molecular weight excluding hydrogens is 997 g/mol. The van der Waals surface area contributed by atoms with E-state index in [2.05, 4.69) is 20.8 Å². The van der Waals surface area contributed by atoms with Gasteiger partial charge in [-0.3, -0.25) is 19.2 Å². The van der Waals surface area contributed by atoms with Gasteiger partial charge in [-0.05, 0) is 57.8 Å². The van der Waals surface area contributed by atoms with Crippen LogP contribution in [0.5, 0.6) is 0 Å². The van der Waals surface area contributed by atoms with Crippen molar-refractivity contribution in [3.05, 3.63) is 0 Å². The first-order chi connectivity index (χ1) is 37.2. The maximum Gasteiger partial charge on any atom is 0.362 e. The number of esters is 6. The van der Waals surface area contributed by atoms with Crippen LogP contribution in [0.15, 0.2) is 0 Å². The van der Waals surface area contributed by atoms with Crippen LogP contribution in [-0.4, -0.2) is 153 Å². The van der Waals surface area contributed by atoms with Crippen molar-refractivity contribution in [1.29, 1.82) is 0 Å². The molecule has 0 rings (SSSR count). The lowest BCUT2D eigenvalue weighted by Gasteiger charge is -2.30. The van der Waals surface area contributed by atoms with Crippen molar-refractivity contribution in [2.45, 2.75) is 296 Å². The van der Waals surface area contributed by atoms with Gasteiger partial charge in [-0.25, -0.2) is 9.59 Å². The molecule has 0 amide bonds. The van der Waals surface area contributed by atoms with Crippen molar-refractivity contribution in [3.63, 3.8) is 0 Å². The third kappa shape index (κ3) is 46.4. The summed E-state index contributed by atoms with van der Waals surface area (Å²) in [6.07, 6.45) is 28.3. The molecule has 0 aliphatic rings. The molecule has 4 unspecified atom stereocenters. The summed E-state index contributed by atoms with van der Waals surface area (Å²) in [5.41, 5.74) is 0. The Bertz CT molecular complexity index is 1440. The maximum atomic E-state index is 13.1. The Hall–Kier alpha value is -3.34. The van der Waals surface area contributed by atoms with E-state index in [1.165, 1.54) is 71.6 Å². The minimum absolute atomic E-state index is 0.107. The largest absolute Gasteiger partial charge is 0.460 e. The summed E-state index contributed by atoms with van der Waals surface area (Å²) in [7, 11) is 7.54. The molecule has 0 aromatic rings. The predicted octanol–water partition coefficient (Wildman–Crippen LogP) is 12.3. The predicted molar refractivity (Wildman–Crippen MR) is 308 cm³/mol. The number of carbonyl (C=O) groups is 6. The van der Waals surface area contributed by atoms with Gasteiger partial charge in [0.1, 0.15) is 38.5 Å². The number of carbonyl (C=O) groups excluding carboxylic acids is 6. The Labute approximate surface area is 474 Å². The van der Waals surface area contributed by atoms with Crippen LogP contribution in [0.2, 0.25) is 0 Å². The first-order valence-electron chi connectivity index (χ1n) is 31.3. The summed E-state index contributed by atoms with van der Waals surface area (Å²) >= 11 is 0. The number of rotatable bonds is 54. The fraction of sp³-hybridized carbons (Fsp3) is 0.903. The second kappa shape index (κ2) is 48.4. The van der Waals surface area contributed by atoms with E-state index < -0.39 is 30.7 Å². The Kier molecular flexibility index (Phi) is 46.3. The summed E-state index contributed by atoms with van der Waals surface area (Å²) < 4.78 is 34.1. The first-order valence-corrected chi connectivity index (χ1v) is 31.3. The smallest absolute Gasteiger partial charge is 0.362 e. The van der Waals surface area contributed by atoms with E-state index in [9.17, 15) is 39.0 Å². The molecule has 16 nitrogen and oxygen atoms in total. The first kappa shape index (κ1) is 74.7. The summed E-state index contributed by atoms with van der Waals surface area (Å²) in [5, 5.41) is 22.4. The standard InChI is InChI=1S/C62H118N2O14/c1-10-13-16-19-22-31-38-45-62(77-58(69)43-36-29-23-25-32-39-54(67)56(41-34-27-20-17-14-11-2)75-60(71)50-63(6,7)46-48-73-52(4)65)78-59(70)44-37-30-24-26-33-40-55(68)57(42-35-28-21-18-15-12-3)76-61(72)51-64(8,9)47-49-74-53(5)66/h54-57,62,67-68H,10-51H2,1-9H3/q+2. The number of unbranched alkanes of at least 4 members (excludes halogenated alkanes) is 24. The van der Waals surface area contributed by atoms with Crippen LogP contribution in [0.3, 0.4) is 0 Å². The molecule has 0 saturated carbocycles. The number of aliphatic hydroxyl groups is 2. The molecule has 458 valence electrons. The van der Waals surface area contributed by atoms with E-state index in [1.54, 1.807) is 0 Å². The van der Waals surface area contributed by atoms with E-state index in [4.69, 9.17) is 28.4 Å². The van der Waals surface area contributed by atoms with Gasteiger partial charge in [0.25, 0.3) is 0 Å². The Morgan fingerprint density at radius 1 is 0.359 bits per heavy atom. The summed E-state index contributed by atoms with van der Waals surface area (Å²) in [6.45, 7) is 10.9. The van der Waals surface area contributed by atoms with Gasteiger partial charge in [0, 0.05) is 33.1 Å². The summed E-state index contributed by atoms with van der Waals surface area (Å²) in [6, 6.07) is 0. The second-order valence-corrected chi connectivity index (χ2v) is 23.6. The molecule has 0 aromatic carbocycles. The molecule has 0 aromatic heterocycles. The molecule has 0 radical (unpaired) electrons. The Morgan fingerprint density at radius 3 is 0.962 bits per heavy atom. The van der Waals surface area contributed by atoms with Gasteiger partial charge in [-0.2, -0.15) is 0 Å². The highest BCUT2D eigenvalue weighted by molar-refractivity contribution is 5.72. The number of aliphatic hydroxyl groups excluding tert-OH is 2. The van der Waals surface area contributed by atoms with Gasteiger partial charge in [0.15, 0.2) is 13.1 Å². The van der Waals surface area contributed by atoms with Gasteiger partial charge in [-0.1, -0.05) is 175 Å². The molecule has 0 spiro atoms. The van der Waals surface area contributed by atoms with Crippen LogP contribution in [0, 0.1) is 0 Å². The zero-order chi connectivity index (χ0) is 58.3. The minimum Gasteiger partial charge on any atom is -0.460 e. The quantitative estimate of drug-likeness (QED) is 0.0192. The number of ether oxygens (including phenoxy) is 6. The zero-order valence-corrected chi connectivity index (χ0v) is 51.3. The van der Waals surface area contributed by atoms with E-state index in [1.807, 2.05) is 28.2 Å². The highest BCUT2D eigenvalue weighted by Crippen LogP contribution is 2.22. The molecule has 0 heterocycles. The normalized spacial score (nSPS) is 13.7. The van der Waals surface area contributed by atoms with Crippen LogP contribution in [0.4, 0.5) is 0 Å². The third-order valence-electron chi connectivity index (χ3n) is 14.6. The lowest BCUT2D eigenvalue weighted by Crippen LogP contribution is -2.47. The molecule has 0 fully saturated rings. The SMILES string of the molecule is CCCCCCCCCC(OC(=O)CCCCCCCC(O)C(CCCCCCCC)OC(=O)C[N+](C)(C)CCOC(C)=O)OC(=O)CCCCCCCC(O)C(CCCCCCCC)OC(=O)C[N+](C)(C)CCOC(C)=O. The van der Waals surface area contributed by atoms with Crippen molar-refractivity contribution in [1.82, 2.24) is 0 Å². The molecule has 2 N–H and O–H groups in total. The second-order valence-electron chi connectivity index (χ2n) is 23.6. The van der Waals surface area contributed by atoms with Crippen molar-refractivity contribution in [2.75, 3.05) is 67.6 Å². The van der Waals surface area contributed by atoms with E-state index >= 15 is 0 Å². The number of hydrogen-bond acceptors (Lipinski definition) is 14. The highest BCUT2D eigenvalue weighted by Gasteiger charge is 2.30. The van der Waals surface area contributed by atoms with Crippen molar-refractivity contribution >= 4 is 35.8 Å². The fourth-order valence-electron chi connectivity index (χ4n) is 9.55. The van der Waals surface area contributed by atoms with Crippen LogP contribution < -0.4 is 0 Å². The highest BCUT2D eigenvalue weighted by atomic mass is 16.7. The fourth-order valence-corrected chi connectivity index (χ4v) is 9.55. The molecular formula is C62H118N2O14+2. The van der Waals surface area contributed by atoms with Gasteiger partial charge >= 0.3 is 35.8 Å². The average Bonchev–Trinajstić information content (AvgIpc) is 3.35. The number of likely N-dealkylation sites (N-methyl/N-ethyl adjacent to an activating group) is 2. The van der Waals surface area contributed by atoms with Crippen LogP contribution in [0.1, 0.15) is 266 Å². The zero-order valence-electron chi connectivity index (χ0n) is 51.3. The summed E-state index contributed by atoms with van der Waals surface area (Å²) in [4.78, 5) is 74.7. The number of nitrogens with zero attached hydrogens (tertiary/aromatic N) is 2. The molecule has 0 saturated heterocycles. The molecule has 78 heavy (non-hydrogen) atoms. The van der Waals surface area contributed by atoms with E-state index in [-0.39, 0.29) is 75.0 Å². The van der Waals surface area contributed by atoms with E-state index in [0.717, 1.165) is 116 Å². The van der Waals surface area contributed by atoms with Crippen molar-refractivity contribution in [3.8, 4) is 0 Å². The van der Waals surface area contributed by atoms with Gasteiger partial charge in [-0.15, -0.1) is 0 Å². The van der Waals surface area contributed by atoms with Crippen LogP contribution in [0.25, 0.3) is 0 Å². The number of quaternary nitrogens is 2. The Morgan fingerprint density at radius 2 is 0.641 bits per heavy atom. The topological polar surface area (TPSA) is 198 Å².